The minimum Gasteiger partial charge on any atom is -0.497 e. The summed E-state index contributed by atoms with van der Waals surface area (Å²) in [5, 5.41) is 3.04. The summed E-state index contributed by atoms with van der Waals surface area (Å²) in [6, 6.07) is 11.4. The average Bonchev–Trinajstić information content (AvgIpc) is 2.78. The van der Waals surface area contributed by atoms with Gasteiger partial charge in [-0.05, 0) is 98.7 Å². The minimum atomic E-state index is -3.95. The van der Waals surface area contributed by atoms with Crippen molar-refractivity contribution in [3.63, 3.8) is 0 Å². The molecule has 0 heterocycles. The number of carbonyl (C=O) groups is 1. The number of benzene rings is 2. The molecule has 4 fully saturated rings. The molecule has 0 aliphatic heterocycles. The van der Waals surface area contributed by atoms with Crippen molar-refractivity contribution < 1.29 is 22.7 Å². The first-order valence-electron chi connectivity index (χ1n) is 11.5. The fourth-order valence-corrected chi connectivity index (χ4v) is 7.74. The van der Waals surface area contributed by atoms with E-state index in [-0.39, 0.29) is 22.0 Å². The molecule has 4 aliphatic carbocycles. The molecule has 0 atom stereocenters. The number of amides is 1. The molecule has 4 bridgehead atoms. The van der Waals surface area contributed by atoms with Gasteiger partial charge in [0, 0.05) is 11.4 Å². The third-order valence-corrected chi connectivity index (χ3v) is 8.98. The van der Waals surface area contributed by atoms with Gasteiger partial charge < -0.3 is 14.8 Å². The summed E-state index contributed by atoms with van der Waals surface area (Å²) < 4.78 is 39.3. The summed E-state index contributed by atoms with van der Waals surface area (Å²) >= 11 is 0. The fraction of sp³-hybridized carbons (Fsp3) is 0.480. The van der Waals surface area contributed by atoms with Crippen LogP contribution in [0.2, 0.25) is 0 Å². The van der Waals surface area contributed by atoms with Crippen LogP contribution in [0.25, 0.3) is 0 Å². The van der Waals surface area contributed by atoms with Crippen molar-refractivity contribution in [2.24, 2.45) is 23.2 Å². The molecule has 0 unspecified atom stereocenters. The lowest BCUT2D eigenvalue weighted by Gasteiger charge is -2.55. The zero-order valence-corrected chi connectivity index (χ0v) is 19.8. The Bertz CT molecular complexity index is 1120. The number of hydrogen-bond donors (Lipinski definition) is 2. The number of anilines is 2. The molecule has 33 heavy (non-hydrogen) atoms. The molecule has 8 heteroatoms. The topological polar surface area (TPSA) is 93.7 Å². The molecule has 176 valence electrons. The Morgan fingerprint density at radius 2 is 1.45 bits per heavy atom. The van der Waals surface area contributed by atoms with E-state index in [1.165, 1.54) is 32.4 Å². The highest BCUT2D eigenvalue weighted by Crippen LogP contribution is 2.60. The quantitative estimate of drug-likeness (QED) is 0.614. The first-order chi connectivity index (χ1) is 15.8. The molecule has 7 nitrogen and oxygen atoms in total. The van der Waals surface area contributed by atoms with Crippen LogP contribution in [0.4, 0.5) is 11.4 Å². The first kappa shape index (κ1) is 22.1. The lowest BCUT2D eigenvalue weighted by Crippen LogP contribution is -2.51. The van der Waals surface area contributed by atoms with Crippen LogP contribution in [-0.2, 0) is 14.8 Å². The molecule has 2 N–H and O–H groups in total. The van der Waals surface area contributed by atoms with E-state index in [2.05, 4.69) is 10.0 Å². The predicted octanol–water partition coefficient (Wildman–Crippen LogP) is 4.66. The molecule has 4 aliphatic rings. The van der Waals surface area contributed by atoms with Crippen molar-refractivity contribution in [3.05, 3.63) is 42.5 Å². The Morgan fingerprint density at radius 1 is 0.879 bits per heavy atom. The maximum absolute atomic E-state index is 13.4. The van der Waals surface area contributed by atoms with Gasteiger partial charge in [0.2, 0.25) is 5.91 Å². The van der Waals surface area contributed by atoms with Gasteiger partial charge in [0.25, 0.3) is 10.0 Å². The zero-order chi connectivity index (χ0) is 23.2. The Kier molecular flexibility index (Phi) is 5.51. The molecule has 2 aromatic rings. The smallest absolute Gasteiger partial charge is 0.265 e. The van der Waals surface area contributed by atoms with E-state index in [1.54, 1.807) is 43.5 Å². The van der Waals surface area contributed by atoms with Crippen molar-refractivity contribution in [2.45, 2.75) is 43.4 Å². The van der Waals surface area contributed by atoms with Gasteiger partial charge in [0.05, 0.1) is 19.6 Å². The van der Waals surface area contributed by atoms with Crippen molar-refractivity contribution >= 4 is 27.3 Å². The summed E-state index contributed by atoms with van der Waals surface area (Å²) in [7, 11) is -0.971. The number of ether oxygens (including phenoxy) is 2. The second-order valence-electron chi connectivity index (χ2n) is 9.85. The van der Waals surface area contributed by atoms with Crippen molar-refractivity contribution in [1.29, 1.82) is 0 Å². The van der Waals surface area contributed by atoms with Gasteiger partial charge in [-0.1, -0.05) is 0 Å². The van der Waals surface area contributed by atoms with Crippen LogP contribution >= 0.6 is 0 Å². The molecule has 4 saturated carbocycles. The number of nitrogens with one attached hydrogen (secondary N) is 2. The lowest BCUT2D eigenvalue weighted by molar-refractivity contribution is -0.140. The average molecular weight is 471 g/mol. The van der Waals surface area contributed by atoms with Gasteiger partial charge in [0.1, 0.15) is 16.4 Å². The molecular formula is C25H30N2O5S. The Hall–Kier alpha value is -2.74. The molecule has 0 spiro atoms. The Balaban J connectivity index is 1.38. The van der Waals surface area contributed by atoms with Gasteiger partial charge in [-0.3, -0.25) is 9.52 Å². The summed E-state index contributed by atoms with van der Waals surface area (Å²) in [5.41, 5.74) is 0.558. The van der Waals surface area contributed by atoms with Crippen LogP contribution in [0.15, 0.2) is 47.4 Å². The molecule has 2 aromatic carbocycles. The largest absolute Gasteiger partial charge is 0.497 e. The van der Waals surface area contributed by atoms with E-state index in [0.29, 0.717) is 34.9 Å². The van der Waals surface area contributed by atoms with Crippen molar-refractivity contribution in [1.82, 2.24) is 0 Å². The highest BCUT2D eigenvalue weighted by molar-refractivity contribution is 7.92. The standard InChI is InChI=1S/C25H30N2O5S/c1-31-21-6-3-19(4-7-21)27-33(29,30)23-12-20(5-8-22(23)32-2)26-24(28)25-13-16-9-17(14-25)11-18(10-16)15-25/h3-8,12,16-18,27H,9-11,13-15H2,1-2H3,(H,26,28). The second-order valence-corrected chi connectivity index (χ2v) is 11.5. The predicted molar refractivity (Wildman–Crippen MR) is 126 cm³/mol. The first-order valence-corrected chi connectivity index (χ1v) is 12.9. The summed E-state index contributed by atoms with van der Waals surface area (Å²) in [4.78, 5) is 13.4. The highest BCUT2D eigenvalue weighted by atomic mass is 32.2. The normalized spacial score (nSPS) is 27.8. The monoisotopic (exact) mass is 470 g/mol. The maximum Gasteiger partial charge on any atom is 0.265 e. The van der Waals surface area contributed by atoms with E-state index in [4.69, 9.17) is 9.47 Å². The number of carbonyl (C=O) groups excluding carboxylic acids is 1. The van der Waals surface area contributed by atoms with Crippen molar-refractivity contribution in [2.75, 3.05) is 24.3 Å². The third kappa shape index (κ3) is 4.16. The molecule has 6 rings (SSSR count). The van der Waals surface area contributed by atoms with E-state index in [1.807, 2.05) is 0 Å². The van der Waals surface area contributed by atoms with Crippen LogP contribution < -0.4 is 19.5 Å². The summed E-state index contributed by atoms with van der Waals surface area (Å²) in [6.45, 7) is 0. The minimum absolute atomic E-state index is 0.0240. The Labute approximate surface area is 194 Å². The van der Waals surface area contributed by atoms with E-state index < -0.39 is 10.0 Å². The summed E-state index contributed by atoms with van der Waals surface area (Å²) in [5.74, 6) is 2.83. The number of sulfonamides is 1. The molecule has 1 amide bonds. The van der Waals surface area contributed by atoms with Gasteiger partial charge in [-0.25, -0.2) is 8.42 Å². The van der Waals surface area contributed by atoms with Crippen LogP contribution in [0.1, 0.15) is 38.5 Å². The van der Waals surface area contributed by atoms with Gasteiger partial charge >= 0.3 is 0 Å². The third-order valence-electron chi connectivity index (χ3n) is 7.57. The van der Waals surface area contributed by atoms with Crippen LogP contribution in [0.3, 0.4) is 0 Å². The molecular weight excluding hydrogens is 440 g/mol. The molecule has 0 saturated heterocycles. The number of hydrogen-bond acceptors (Lipinski definition) is 5. The number of methoxy groups -OCH3 is 2. The molecule has 0 aromatic heterocycles. The molecule has 0 radical (unpaired) electrons. The zero-order valence-electron chi connectivity index (χ0n) is 19.0. The fourth-order valence-electron chi connectivity index (χ4n) is 6.49. The summed E-state index contributed by atoms with van der Waals surface area (Å²) in [6.07, 6.45) is 6.62. The van der Waals surface area contributed by atoms with Crippen molar-refractivity contribution in [3.8, 4) is 11.5 Å². The van der Waals surface area contributed by atoms with Gasteiger partial charge in [0.15, 0.2) is 0 Å². The van der Waals surface area contributed by atoms with E-state index >= 15 is 0 Å². The van der Waals surface area contributed by atoms with Crippen LogP contribution in [-0.4, -0.2) is 28.5 Å². The van der Waals surface area contributed by atoms with Crippen LogP contribution in [0.5, 0.6) is 11.5 Å². The van der Waals surface area contributed by atoms with E-state index in [0.717, 1.165) is 19.3 Å². The lowest BCUT2D eigenvalue weighted by atomic mass is 9.49. The van der Waals surface area contributed by atoms with Gasteiger partial charge in [-0.15, -0.1) is 0 Å². The van der Waals surface area contributed by atoms with E-state index in [9.17, 15) is 13.2 Å². The Morgan fingerprint density at radius 3 is 2.00 bits per heavy atom. The highest BCUT2D eigenvalue weighted by Gasteiger charge is 2.54. The second kappa shape index (κ2) is 8.24. The number of rotatable bonds is 7. The maximum atomic E-state index is 13.4. The van der Waals surface area contributed by atoms with Gasteiger partial charge in [-0.2, -0.15) is 0 Å². The SMILES string of the molecule is COc1ccc(NS(=O)(=O)c2cc(NC(=O)C34CC5CC(CC(C5)C3)C4)ccc2OC)cc1. The van der Waals surface area contributed by atoms with Crippen LogP contribution in [0, 0.1) is 23.2 Å².